The van der Waals surface area contributed by atoms with Gasteiger partial charge in [-0.25, -0.2) is 4.39 Å². The highest BCUT2D eigenvalue weighted by molar-refractivity contribution is 5.40. The zero-order valence-electron chi connectivity index (χ0n) is 8.96. The van der Waals surface area contributed by atoms with Crippen LogP contribution in [-0.4, -0.2) is 25.4 Å². The number of halogens is 1. The molecule has 1 aromatic carbocycles. The van der Waals surface area contributed by atoms with Gasteiger partial charge in [-0.05, 0) is 24.6 Å². The molecule has 84 valence electrons. The minimum atomic E-state index is -0.308. The van der Waals surface area contributed by atoms with Crippen LogP contribution in [0.3, 0.4) is 0 Å². The predicted molar refractivity (Wildman–Crippen MR) is 56.6 cm³/mol. The number of aliphatic hydroxyl groups excluding tert-OH is 1. The molecule has 0 aromatic heterocycles. The zero-order valence-corrected chi connectivity index (χ0v) is 8.96. The largest absolute Gasteiger partial charge is 0.496 e. The average Bonchev–Trinajstić information content (AvgIpc) is 2.24. The lowest BCUT2D eigenvalue weighted by molar-refractivity contribution is 0.264. The van der Waals surface area contributed by atoms with Gasteiger partial charge in [-0.3, -0.25) is 0 Å². The van der Waals surface area contributed by atoms with Crippen LogP contribution in [0.25, 0.3) is 0 Å². The summed E-state index contributed by atoms with van der Waals surface area (Å²) in [5.41, 5.74) is 6.62. The third-order valence-corrected chi connectivity index (χ3v) is 2.46. The Morgan fingerprint density at radius 1 is 1.53 bits per heavy atom. The Labute approximate surface area is 88.7 Å². The fourth-order valence-corrected chi connectivity index (χ4v) is 1.47. The molecule has 0 saturated carbocycles. The van der Waals surface area contributed by atoms with E-state index in [0.717, 1.165) is 0 Å². The number of nitrogens with two attached hydrogens (primary N) is 1. The Hall–Kier alpha value is -1.13. The molecule has 4 heteroatoms. The van der Waals surface area contributed by atoms with Gasteiger partial charge in [0.15, 0.2) is 0 Å². The normalized spacial score (nSPS) is 12.6. The van der Waals surface area contributed by atoms with Crippen molar-refractivity contribution in [2.24, 2.45) is 5.73 Å². The second kappa shape index (κ2) is 5.09. The van der Waals surface area contributed by atoms with Crippen LogP contribution in [-0.2, 0) is 0 Å². The Balaban J connectivity index is 3.20. The van der Waals surface area contributed by atoms with Crippen molar-refractivity contribution < 1.29 is 14.2 Å². The van der Waals surface area contributed by atoms with Crippen LogP contribution in [0.4, 0.5) is 4.39 Å². The highest BCUT2D eigenvalue weighted by Crippen LogP contribution is 2.28. The molecule has 0 aliphatic carbocycles. The van der Waals surface area contributed by atoms with E-state index in [-0.39, 0.29) is 24.9 Å². The molecule has 3 N–H and O–H groups in total. The summed E-state index contributed by atoms with van der Waals surface area (Å²) >= 11 is 0. The summed E-state index contributed by atoms with van der Waals surface area (Å²) < 4.78 is 18.5. The molecule has 1 atom stereocenters. The van der Waals surface area contributed by atoms with Gasteiger partial charge in [-0.2, -0.15) is 0 Å². The minimum Gasteiger partial charge on any atom is -0.496 e. The number of rotatable bonds is 4. The molecule has 0 heterocycles. The van der Waals surface area contributed by atoms with Crippen molar-refractivity contribution in [3.8, 4) is 5.75 Å². The first-order valence-corrected chi connectivity index (χ1v) is 4.79. The standard InChI is InChI=1S/C11H16FNO2/c1-7-3-11(15-2)9(4-10(7)12)8(5-13)6-14/h3-4,8,14H,5-6,13H2,1-2H3. The molecule has 3 nitrogen and oxygen atoms in total. The van der Waals surface area contributed by atoms with Gasteiger partial charge in [0, 0.05) is 18.0 Å². The fraction of sp³-hybridized carbons (Fsp3) is 0.455. The number of aliphatic hydroxyl groups is 1. The van der Waals surface area contributed by atoms with Crippen LogP contribution in [0.5, 0.6) is 5.75 Å². The lowest BCUT2D eigenvalue weighted by Crippen LogP contribution is -2.17. The van der Waals surface area contributed by atoms with Crippen molar-refractivity contribution in [3.63, 3.8) is 0 Å². The summed E-state index contributed by atoms with van der Waals surface area (Å²) in [6, 6.07) is 2.99. The third-order valence-electron chi connectivity index (χ3n) is 2.46. The molecule has 0 aliphatic rings. The van der Waals surface area contributed by atoms with Gasteiger partial charge in [0.05, 0.1) is 13.7 Å². The lowest BCUT2D eigenvalue weighted by atomic mass is 9.97. The molecule has 0 fully saturated rings. The SMILES string of the molecule is COc1cc(C)c(F)cc1C(CN)CO. The quantitative estimate of drug-likeness (QED) is 0.789. The van der Waals surface area contributed by atoms with Gasteiger partial charge in [-0.15, -0.1) is 0 Å². The van der Waals surface area contributed by atoms with Gasteiger partial charge >= 0.3 is 0 Å². The summed E-state index contributed by atoms with van der Waals surface area (Å²) in [5, 5.41) is 9.10. The number of methoxy groups -OCH3 is 1. The number of ether oxygens (including phenoxy) is 1. The summed E-state index contributed by atoms with van der Waals surface area (Å²) in [5.74, 6) is -0.0221. The Morgan fingerprint density at radius 3 is 2.67 bits per heavy atom. The number of hydrogen-bond donors (Lipinski definition) is 2. The zero-order chi connectivity index (χ0) is 11.4. The Morgan fingerprint density at radius 2 is 2.20 bits per heavy atom. The van der Waals surface area contributed by atoms with Crippen LogP contribution in [0, 0.1) is 12.7 Å². The van der Waals surface area contributed by atoms with E-state index >= 15 is 0 Å². The fourth-order valence-electron chi connectivity index (χ4n) is 1.47. The number of aryl methyl sites for hydroxylation is 1. The smallest absolute Gasteiger partial charge is 0.126 e. The maximum absolute atomic E-state index is 13.4. The highest BCUT2D eigenvalue weighted by Gasteiger charge is 2.16. The highest BCUT2D eigenvalue weighted by atomic mass is 19.1. The van der Waals surface area contributed by atoms with E-state index in [1.807, 2.05) is 0 Å². The topological polar surface area (TPSA) is 55.5 Å². The van der Waals surface area contributed by atoms with E-state index in [1.165, 1.54) is 13.2 Å². The van der Waals surface area contributed by atoms with Crippen LogP contribution < -0.4 is 10.5 Å². The maximum Gasteiger partial charge on any atom is 0.126 e. The van der Waals surface area contributed by atoms with Crippen molar-refractivity contribution in [1.82, 2.24) is 0 Å². The lowest BCUT2D eigenvalue weighted by Gasteiger charge is -2.16. The van der Waals surface area contributed by atoms with E-state index in [4.69, 9.17) is 15.6 Å². The summed E-state index contributed by atoms with van der Waals surface area (Å²) in [6.07, 6.45) is 0. The van der Waals surface area contributed by atoms with E-state index in [2.05, 4.69) is 0 Å². The number of hydrogen-bond acceptors (Lipinski definition) is 3. The van der Waals surface area contributed by atoms with E-state index in [9.17, 15) is 4.39 Å². The van der Waals surface area contributed by atoms with Gasteiger partial charge in [0.25, 0.3) is 0 Å². The van der Waals surface area contributed by atoms with E-state index in [0.29, 0.717) is 16.9 Å². The maximum atomic E-state index is 13.4. The van der Waals surface area contributed by atoms with Crippen molar-refractivity contribution >= 4 is 0 Å². The third kappa shape index (κ3) is 2.46. The molecule has 15 heavy (non-hydrogen) atoms. The minimum absolute atomic E-state index is 0.116. The van der Waals surface area contributed by atoms with Gasteiger partial charge < -0.3 is 15.6 Å². The monoisotopic (exact) mass is 213 g/mol. The van der Waals surface area contributed by atoms with Crippen molar-refractivity contribution in [2.75, 3.05) is 20.3 Å². The molecule has 0 radical (unpaired) electrons. The second-order valence-corrected chi connectivity index (χ2v) is 3.46. The van der Waals surface area contributed by atoms with Crippen LogP contribution in [0.15, 0.2) is 12.1 Å². The van der Waals surface area contributed by atoms with Crippen LogP contribution >= 0.6 is 0 Å². The second-order valence-electron chi connectivity index (χ2n) is 3.46. The average molecular weight is 213 g/mol. The Kier molecular flexibility index (Phi) is 4.05. The van der Waals surface area contributed by atoms with Crippen LogP contribution in [0.2, 0.25) is 0 Å². The van der Waals surface area contributed by atoms with E-state index < -0.39 is 0 Å². The molecule has 0 spiro atoms. The number of benzene rings is 1. The summed E-state index contributed by atoms with van der Waals surface area (Å²) in [6.45, 7) is 1.81. The molecule has 1 rings (SSSR count). The van der Waals surface area contributed by atoms with Crippen molar-refractivity contribution in [2.45, 2.75) is 12.8 Å². The van der Waals surface area contributed by atoms with Gasteiger partial charge in [0.1, 0.15) is 11.6 Å². The first-order chi connectivity index (χ1) is 7.13. The molecular formula is C11H16FNO2. The molecule has 0 saturated heterocycles. The molecule has 0 aliphatic heterocycles. The molecule has 1 aromatic rings. The molecule has 1 unspecified atom stereocenters. The van der Waals surface area contributed by atoms with E-state index in [1.54, 1.807) is 13.0 Å². The summed E-state index contributed by atoms with van der Waals surface area (Å²) in [7, 11) is 1.52. The van der Waals surface area contributed by atoms with Crippen LogP contribution in [0.1, 0.15) is 17.0 Å². The van der Waals surface area contributed by atoms with Crippen molar-refractivity contribution in [3.05, 3.63) is 29.1 Å². The predicted octanol–water partition coefficient (Wildman–Crippen LogP) is 1.18. The van der Waals surface area contributed by atoms with Gasteiger partial charge in [0.2, 0.25) is 0 Å². The van der Waals surface area contributed by atoms with Gasteiger partial charge in [-0.1, -0.05) is 0 Å². The van der Waals surface area contributed by atoms with Crippen molar-refractivity contribution in [1.29, 1.82) is 0 Å². The first-order valence-electron chi connectivity index (χ1n) is 4.79. The molecule has 0 bridgehead atoms. The summed E-state index contributed by atoms with van der Waals surface area (Å²) in [4.78, 5) is 0. The molecule has 0 amide bonds. The molecular weight excluding hydrogens is 197 g/mol. The first kappa shape index (κ1) is 11.9. The Bertz CT molecular complexity index is 338.